The van der Waals surface area contributed by atoms with Crippen LogP contribution in [0.15, 0.2) is 59.5 Å². The van der Waals surface area contributed by atoms with Gasteiger partial charge in [0.15, 0.2) is 5.78 Å². The van der Waals surface area contributed by atoms with Crippen molar-refractivity contribution in [2.45, 2.75) is 25.2 Å². The zero-order valence-corrected chi connectivity index (χ0v) is 15.8. The van der Waals surface area contributed by atoms with E-state index < -0.39 is 10.0 Å². The Morgan fingerprint density at radius 3 is 2.42 bits per heavy atom. The first-order chi connectivity index (χ1) is 12.5. The van der Waals surface area contributed by atoms with Crippen molar-refractivity contribution >= 4 is 21.9 Å². The lowest BCUT2D eigenvalue weighted by Gasteiger charge is -2.06. The van der Waals surface area contributed by atoms with Crippen LogP contribution in [0, 0.1) is 0 Å². The van der Waals surface area contributed by atoms with Gasteiger partial charge in [0.2, 0.25) is 10.0 Å². The smallest absolute Gasteiger partial charge is 0.240 e. The molecule has 5 nitrogen and oxygen atoms in total. The van der Waals surface area contributed by atoms with Crippen LogP contribution in [0.4, 0.5) is 0 Å². The van der Waals surface area contributed by atoms with Gasteiger partial charge in [0.25, 0.3) is 0 Å². The Labute approximate surface area is 154 Å². The molecule has 0 amide bonds. The van der Waals surface area contributed by atoms with E-state index in [2.05, 4.69) is 4.72 Å². The Morgan fingerprint density at radius 2 is 1.77 bits per heavy atom. The molecule has 0 atom stereocenters. The zero-order valence-electron chi connectivity index (χ0n) is 14.9. The minimum Gasteiger partial charge on any atom is -0.493 e. The summed E-state index contributed by atoms with van der Waals surface area (Å²) in [4.78, 5) is 12.5. The number of nitrogens with one attached hydrogen (secondary N) is 1. The third-order valence-corrected chi connectivity index (χ3v) is 5.10. The maximum absolute atomic E-state index is 12.3. The Balaban J connectivity index is 2.13. The summed E-state index contributed by atoms with van der Waals surface area (Å²) < 4.78 is 32.1. The van der Waals surface area contributed by atoms with E-state index in [9.17, 15) is 13.2 Å². The molecule has 0 heterocycles. The molecule has 2 rings (SSSR count). The van der Waals surface area contributed by atoms with Crippen molar-refractivity contribution in [3.05, 3.63) is 65.7 Å². The molecule has 6 heteroatoms. The number of ether oxygens (including phenoxy) is 1. The highest BCUT2D eigenvalue weighted by molar-refractivity contribution is 7.89. The van der Waals surface area contributed by atoms with Crippen LogP contribution < -0.4 is 9.46 Å². The summed E-state index contributed by atoms with van der Waals surface area (Å²) in [5, 5.41) is 0. The van der Waals surface area contributed by atoms with Gasteiger partial charge in [-0.15, -0.1) is 0 Å². The third-order valence-electron chi connectivity index (χ3n) is 3.62. The first-order valence-corrected chi connectivity index (χ1v) is 10.00. The molecule has 26 heavy (non-hydrogen) atoms. The lowest BCUT2D eigenvalue weighted by atomic mass is 10.1. The second kappa shape index (κ2) is 9.31. The monoisotopic (exact) mass is 373 g/mol. The molecule has 0 bridgehead atoms. The molecule has 1 N–H and O–H groups in total. The highest BCUT2D eigenvalue weighted by atomic mass is 32.2. The van der Waals surface area contributed by atoms with Crippen LogP contribution in [0.2, 0.25) is 0 Å². The van der Waals surface area contributed by atoms with E-state index in [0.717, 1.165) is 5.56 Å². The lowest BCUT2D eigenvalue weighted by molar-refractivity contribution is 0.104. The Hall–Kier alpha value is -2.44. The molecule has 0 radical (unpaired) electrons. The van der Waals surface area contributed by atoms with Gasteiger partial charge in [-0.05, 0) is 55.8 Å². The van der Waals surface area contributed by atoms with Gasteiger partial charge >= 0.3 is 0 Å². The van der Waals surface area contributed by atoms with E-state index in [1.807, 2.05) is 38.1 Å². The average Bonchev–Trinajstić information content (AvgIpc) is 2.66. The fraction of sp³-hybridized carbons (Fsp3) is 0.250. The van der Waals surface area contributed by atoms with Gasteiger partial charge in [-0.1, -0.05) is 25.1 Å². The molecular formula is C20H23NO4S. The second-order valence-electron chi connectivity index (χ2n) is 5.59. The molecule has 0 saturated carbocycles. The first kappa shape index (κ1) is 19.9. The van der Waals surface area contributed by atoms with E-state index in [1.165, 1.54) is 30.3 Å². The van der Waals surface area contributed by atoms with Crippen LogP contribution in [0.25, 0.3) is 6.08 Å². The van der Waals surface area contributed by atoms with E-state index >= 15 is 0 Å². The SMILES string of the molecule is CCCNS(=O)(=O)c1ccc(C(=O)/C=C/c2ccccc2OCC)cc1. The minimum atomic E-state index is -3.53. The summed E-state index contributed by atoms with van der Waals surface area (Å²) in [5.41, 5.74) is 1.23. The minimum absolute atomic E-state index is 0.146. The van der Waals surface area contributed by atoms with E-state index in [-0.39, 0.29) is 10.7 Å². The number of carbonyl (C=O) groups is 1. The number of allylic oxidation sites excluding steroid dienone is 1. The largest absolute Gasteiger partial charge is 0.493 e. The lowest BCUT2D eigenvalue weighted by Crippen LogP contribution is -2.24. The van der Waals surface area contributed by atoms with Gasteiger partial charge in [0, 0.05) is 17.7 Å². The van der Waals surface area contributed by atoms with Crippen molar-refractivity contribution < 1.29 is 17.9 Å². The van der Waals surface area contributed by atoms with Crippen molar-refractivity contribution in [2.75, 3.05) is 13.2 Å². The van der Waals surface area contributed by atoms with Crippen molar-refractivity contribution in [3.8, 4) is 5.75 Å². The zero-order chi connectivity index (χ0) is 19.0. The van der Waals surface area contributed by atoms with Crippen LogP contribution in [0.3, 0.4) is 0 Å². The molecule has 0 spiro atoms. The Morgan fingerprint density at radius 1 is 1.08 bits per heavy atom. The van der Waals surface area contributed by atoms with Crippen molar-refractivity contribution in [2.24, 2.45) is 0 Å². The second-order valence-corrected chi connectivity index (χ2v) is 7.36. The maximum atomic E-state index is 12.3. The summed E-state index contributed by atoms with van der Waals surface area (Å²) in [6, 6.07) is 13.4. The van der Waals surface area contributed by atoms with Gasteiger partial charge in [0.05, 0.1) is 11.5 Å². The molecule has 0 aliphatic heterocycles. The molecular weight excluding hydrogens is 350 g/mol. The number of rotatable bonds is 9. The molecule has 0 fully saturated rings. The molecule has 0 aliphatic rings. The van der Waals surface area contributed by atoms with E-state index in [0.29, 0.717) is 30.9 Å². The number of carbonyl (C=O) groups excluding carboxylic acids is 1. The summed E-state index contributed by atoms with van der Waals surface area (Å²) in [7, 11) is -3.53. The first-order valence-electron chi connectivity index (χ1n) is 8.52. The standard InChI is InChI=1S/C20H23NO4S/c1-3-15-21-26(23,24)18-12-9-16(10-13-18)19(22)14-11-17-7-5-6-8-20(17)25-4-2/h5-14,21H,3-4,15H2,1-2H3/b14-11+. The molecule has 2 aromatic carbocycles. The molecule has 0 aromatic heterocycles. The fourth-order valence-corrected chi connectivity index (χ4v) is 3.42. The maximum Gasteiger partial charge on any atom is 0.240 e. The van der Waals surface area contributed by atoms with Crippen LogP contribution in [-0.2, 0) is 10.0 Å². The highest BCUT2D eigenvalue weighted by Gasteiger charge is 2.13. The van der Waals surface area contributed by atoms with Gasteiger partial charge in [-0.25, -0.2) is 13.1 Å². The van der Waals surface area contributed by atoms with Crippen LogP contribution >= 0.6 is 0 Å². The molecule has 0 saturated heterocycles. The van der Waals surface area contributed by atoms with E-state index in [1.54, 1.807) is 6.08 Å². The fourth-order valence-electron chi connectivity index (χ4n) is 2.28. The highest BCUT2D eigenvalue weighted by Crippen LogP contribution is 2.20. The van der Waals surface area contributed by atoms with E-state index in [4.69, 9.17) is 4.74 Å². The summed E-state index contributed by atoms with van der Waals surface area (Å²) in [6.45, 7) is 4.71. The Bertz CT molecular complexity index is 871. The normalized spacial score (nSPS) is 11.6. The topological polar surface area (TPSA) is 72.5 Å². The third kappa shape index (κ3) is 5.28. The number of benzene rings is 2. The predicted molar refractivity (Wildman–Crippen MR) is 103 cm³/mol. The predicted octanol–water partition coefficient (Wildman–Crippen LogP) is 3.67. The molecule has 0 aliphatic carbocycles. The summed E-state index contributed by atoms with van der Waals surface area (Å²) >= 11 is 0. The number of hydrogen-bond acceptors (Lipinski definition) is 4. The summed E-state index contributed by atoms with van der Waals surface area (Å²) in [5.74, 6) is 0.504. The van der Waals surface area contributed by atoms with Crippen molar-refractivity contribution in [3.63, 3.8) is 0 Å². The van der Waals surface area contributed by atoms with Crippen LogP contribution in [0.1, 0.15) is 36.2 Å². The van der Waals surface area contributed by atoms with Crippen LogP contribution in [0.5, 0.6) is 5.75 Å². The number of hydrogen-bond donors (Lipinski definition) is 1. The summed E-state index contributed by atoms with van der Waals surface area (Å²) in [6.07, 6.45) is 3.86. The average molecular weight is 373 g/mol. The van der Waals surface area contributed by atoms with Gasteiger partial charge < -0.3 is 4.74 Å². The Kier molecular flexibility index (Phi) is 7.12. The van der Waals surface area contributed by atoms with Crippen molar-refractivity contribution in [1.29, 1.82) is 0 Å². The van der Waals surface area contributed by atoms with Gasteiger partial charge in [-0.2, -0.15) is 0 Å². The van der Waals surface area contributed by atoms with Crippen molar-refractivity contribution in [1.82, 2.24) is 4.72 Å². The number of sulfonamides is 1. The number of para-hydroxylation sites is 1. The van der Waals surface area contributed by atoms with Gasteiger partial charge in [0.1, 0.15) is 5.75 Å². The van der Waals surface area contributed by atoms with Gasteiger partial charge in [-0.3, -0.25) is 4.79 Å². The number of ketones is 1. The van der Waals surface area contributed by atoms with Crippen LogP contribution in [-0.4, -0.2) is 27.4 Å². The quantitative estimate of drug-likeness (QED) is 0.538. The molecule has 0 unspecified atom stereocenters. The molecule has 138 valence electrons. The molecule has 2 aromatic rings.